The van der Waals surface area contributed by atoms with Crippen molar-refractivity contribution in [3.8, 4) is 5.69 Å². The fraction of sp³-hybridized carbons (Fsp3) is 0.244. The van der Waals surface area contributed by atoms with E-state index in [1.807, 2.05) is 11.3 Å². The van der Waals surface area contributed by atoms with Gasteiger partial charge in [-0.05, 0) is 175 Å². The zero-order chi connectivity index (χ0) is 62.0. The summed E-state index contributed by atoms with van der Waals surface area (Å²) in [6.07, 6.45) is 0. The lowest BCUT2D eigenvalue weighted by atomic mass is 9.36. The molecule has 0 aliphatic carbocycles. The van der Waals surface area contributed by atoms with E-state index in [1.165, 1.54) is 81.1 Å². The number of benzene rings is 10. The Labute approximate surface area is 529 Å². The first-order valence-corrected chi connectivity index (χ1v) is 32.7. The summed E-state index contributed by atoms with van der Waals surface area (Å²) in [6.45, 7) is 34.6. The van der Waals surface area contributed by atoms with Gasteiger partial charge in [-0.2, -0.15) is 0 Å². The molecule has 0 atom stereocenters. The van der Waals surface area contributed by atoms with Gasteiger partial charge in [0.05, 0.1) is 33.5 Å². The van der Waals surface area contributed by atoms with Crippen molar-refractivity contribution in [2.45, 2.75) is 131 Å². The molecule has 0 unspecified atom stereocenters. The predicted octanol–water partition coefficient (Wildman–Crippen LogP) is 21.9. The van der Waals surface area contributed by atoms with Crippen molar-refractivity contribution >= 4 is 139 Å². The Morgan fingerprint density at radius 3 is 1.33 bits per heavy atom. The molecule has 0 saturated carbocycles. The van der Waals surface area contributed by atoms with Crippen LogP contribution in [0.5, 0.6) is 0 Å². The Balaban J connectivity index is 1.14. The largest absolute Gasteiger partial charge is 0.456 e. The molecular formula is C82H79BN4OS. The molecule has 0 N–H and O–H groups in total. The fourth-order valence-electron chi connectivity index (χ4n) is 14.2. The normalized spacial score (nSPS) is 13.7. The number of nitrogens with zero attached hydrogens (tertiary/aromatic N) is 4. The number of hydrogen-bond acceptors (Lipinski definition) is 5. The molecule has 0 spiro atoms. The van der Waals surface area contributed by atoms with Gasteiger partial charge in [0.2, 0.25) is 0 Å². The van der Waals surface area contributed by atoms with E-state index in [-0.39, 0.29) is 33.8 Å². The van der Waals surface area contributed by atoms with Crippen LogP contribution >= 0.6 is 11.3 Å². The van der Waals surface area contributed by atoms with Crippen LogP contribution in [0.15, 0.2) is 211 Å². The smallest absolute Gasteiger partial charge is 0.269 e. The average molecular weight is 1180 g/mol. The summed E-state index contributed by atoms with van der Waals surface area (Å²) in [6, 6.07) is 78.7. The van der Waals surface area contributed by atoms with Crippen molar-refractivity contribution < 1.29 is 4.42 Å². The fourth-order valence-corrected chi connectivity index (χ4v) is 15.5. The molecule has 0 amide bonds. The number of aromatic nitrogens is 1. The monoisotopic (exact) mass is 1180 g/mol. The van der Waals surface area contributed by atoms with Gasteiger partial charge in [-0.1, -0.05) is 201 Å². The third kappa shape index (κ3) is 9.15. The number of para-hydroxylation sites is 3. The van der Waals surface area contributed by atoms with E-state index in [1.54, 1.807) is 0 Å². The quantitative estimate of drug-likeness (QED) is 0.155. The number of rotatable bonds is 6. The third-order valence-electron chi connectivity index (χ3n) is 19.1. The minimum absolute atomic E-state index is 0.0359. The van der Waals surface area contributed by atoms with Crippen LogP contribution in [0.2, 0.25) is 0 Å². The molecule has 0 fully saturated rings. The molecule has 7 heteroatoms. The lowest BCUT2D eigenvalue weighted by molar-refractivity contribution is 0.590. The molecule has 0 bridgehead atoms. The highest BCUT2D eigenvalue weighted by Gasteiger charge is 2.48. The number of anilines is 9. The second-order valence-electron chi connectivity index (χ2n) is 30.3. The number of hydrogen-bond donors (Lipinski definition) is 0. The second-order valence-corrected chi connectivity index (χ2v) is 31.4. The molecule has 0 radical (unpaired) electrons. The van der Waals surface area contributed by atoms with Gasteiger partial charge >= 0.3 is 0 Å². The van der Waals surface area contributed by atoms with Gasteiger partial charge in [-0.3, -0.25) is 0 Å². The third-order valence-corrected chi connectivity index (χ3v) is 20.3. The number of fused-ring (bicyclic) bond motifs is 13. The molecule has 3 aromatic heterocycles. The van der Waals surface area contributed by atoms with Crippen molar-refractivity contribution in [1.82, 2.24) is 4.57 Å². The van der Waals surface area contributed by atoms with Gasteiger partial charge in [0.25, 0.3) is 6.71 Å². The molecule has 2 aliphatic rings. The number of furan rings is 1. The van der Waals surface area contributed by atoms with E-state index in [0.717, 1.165) is 73.1 Å². The summed E-state index contributed by atoms with van der Waals surface area (Å²) in [4.78, 5) is 7.68. The summed E-state index contributed by atoms with van der Waals surface area (Å²) in [5.74, 6) is 0. The van der Waals surface area contributed by atoms with Crippen molar-refractivity contribution in [2.24, 2.45) is 0 Å². The zero-order valence-electron chi connectivity index (χ0n) is 54.3. The molecule has 2 aliphatic heterocycles. The maximum Gasteiger partial charge on any atom is 0.269 e. The first kappa shape index (κ1) is 56.7. The highest BCUT2D eigenvalue weighted by atomic mass is 32.1. The summed E-state index contributed by atoms with van der Waals surface area (Å²) in [7, 11) is 0. The highest BCUT2D eigenvalue weighted by Crippen LogP contribution is 2.54. The standard InChI is InChI=1S/C82H79BN4OS/c1-78(2,3)50-30-37-57(38-31-50)85-67-47-59(84(55-24-18-16-19-25-55)56-26-20-17-21-27-56)48-68-73(67)83(77-75(63-46-54(82(13,14)15)36-43-71(63)89-77)86(68)58-39-32-51(33-40-58)79(4,5)6)74-69(85)49-66(72-60-28-22-23-29-70(60)88-76(72)74)87-64-41-34-52(80(7,8)9)44-61(64)62-45-53(81(10,11)12)35-42-65(62)87/h16-49H,1-15H3. The summed E-state index contributed by atoms with van der Waals surface area (Å²) < 4.78 is 12.9. The Morgan fingerprint density at radius 1 is 0.371 bits per heavy atom. The van der Waals surface area contributed by atoms with Crippen molar-refractivity contribution in [2.75, 3.05) is 14.7 Å². The van der Waals surface area contributed by atoms with Crippen molar-refractivity contribution in [3.63, 3.8) is 0 Å². The van der Waals surface area contributed by atoms with E-state index in [9.17, 15) is 0 Å². The Hall–Kier alpha value is -8.78. The zero-order valence-corrected chi connectivity index (χ0v) is 55.1. The molecule has 89 heavy (non-hydrogen) atoms. The number of thiophene rings is 1. The molecular weight excluding hydrogens is 1100 g/mol. The lowest BCUT2D eigenvalue weighted by Crippen LogP contribution is -2.60. The first-order valence-electron chi connectivity index (χ1n) is 31.9. The van der Waals surface area contributed by atoms with Gasteiger partial charge < -0.3 is 23.7 Å². The van der Waals surface area contributed by atoms with Crippen LogP contribution in [0.4, 0.5) is 51.2 Å². The van der Waals surface area contributed by atoms with Gasteiger partial charge in [-0.15, -0.1) is 11.3 Å². The van der Waals surface area contributed by atoms with E-state index in [4.69, 9.17) is 4.42 Å². The maximum absolute atomic E-state index is 7.73. The van der Waals surface area contributed by atoms with Crippen molar-refractivity contribution in [1.29, 1.82) is 0 Å². The van der Waals surface area contributed by atoms with E-state index >= 15 is 0 Å². The van der Waals surface area contributed by atoms with Crippen LogP contribution in [0.1, 0.15) is 132 Å². The highest BCUT2D eigenvalue weighted by molar-refractivity contribution is 7.34. The SMILES string of the molecule is CC(C)(C)c1ccc(N2c3cc(N(c4ccccc4)c4ccccc4)cc4c3B(c3sc5ccc(C(C)(C)C)cc5c3N4c3ccc(C(C)(C)C)cc3)c3c2cc(-n2c4ccc(C(C)(C)C)cc4c4cc(C(C)(C)C)ccc42)c2c3oc3ccccc32)cc1. The van der Waals surface area contributed by atoms with Crippen LogP contribution in [0.3, 0.4) is 0 Å². The van der Waals surface area contributed by atoms with E-state index in [2.05, 4.69) is 329 Å². The first-order chi connectivity index (χ1) is 42.3. The Morgan fingerprint density at radius 2 is 0.809 bits per heavy atom. The van der Waals surface area contributed by atoms with Gasteiger partial charge in [0.15, 0.2) is 0 Å². The molecule has 5 heterocycles. The van der Waals surface area contributed by atoms with Crippen LogP contribution in [-0.2, 0) is 27.1 Å². The molecule has 5 nitrogen and oxygen atoms in total. The van der Waals surface area contributed by atoms with Crippen LogP contribution in [0.25, 0.3) is 59.5 Å². The maximum atomic E-state index is 7.73. The van der Waals surface area contributed by atoms with Crippen LogP contribution < -0.4 is 30.4 Å². The minimum Gasteiger partial charge on any atom is -0.456 e. The molecule has 0 saturated heterocycles. The van der Waals surface area contributed by atoms with Crippen LogP contribution in [-0.4, -0.2) is 11.3 Å². The van der Waals surface area contributed by atoms with E-state index < -0.39 is 0 Å². The average Bonchev–Trinajstić information content (AvgIpc) is 1.67. The van der Waals surface area contributed by atoms with Gasteiger partial charge in [0.1, 0.15) is 11.2 Å². The minimum atomic E-state index is -0.245. The second kappa shape index (κ2) is 19.9. The summed E-state index contributed by atoms with van der Waals surface area (Å²) in [5.41, 5.74) is 23.8. The van der Waals surface area contributed by atoms with Crippen LogP contribution in [0, 0.1) is 0 Å². The Kier molecular flexibility index (Phi) is 12.7. The van der Waals surface area contributed by atoms with E-state index in [0.29, 0.717) is 0 Å². The molecule has 10 aromatic carbocycles. The predicted molar refractivity (Wildman–Crippen MR) is 386 cm³/mol. The lowest BCUT2D eigenvalue weighted by Gasteiger charge is -2.44. The topological polar surface area (TPSA) is 27.8 Å². The Bertz CT molecular complexity index is 4860. The molecule has 442 valence electrons. The molecule has 13 aromatic rings. The molecule has 15 rings (SSSR count). The van der Waals surface area contributed by atoms with Crippen molar-refractivity contribution in [3.05, 3.63) is 234 Å². The van der Waals surface area contributed by atoms with Gasteiger partial charge in [-0.25, -0.2) is 0 Å². The summed E-state index contributed by atoms with van der Waals surface area (Å²) in [5, 5.41) is 5.97. The summed E-state index contributed by atoms with van der Waals surface area (Å²) >= 11 is 1.94. The van der Waals surface area contributed by atoms with Gasteiger partial charge in [0, 0.05) is 70.8 Å².